The first-order valence-corrected chi connectivity index (χ1v) is 4.76. The van der Waals surface area contributed by atoms with E-state index in [0.717, 1.165) is 6.42 Å². The Morgan fingerprint density at radius 3 is 2.31 bits per heavy atom. The summed E-state index contributed by atoms with van der Waals surface area (Å²) in [5.74, 6) is 0.0680. The second-order valence-corrected chi connectivity index (χ2v) is 4.95. The standard InChI is InChI=1S/C10H19NO2/c1-7(12)5-11-8(13)10(4)6-9(10,2)3/h7,12H,5-6H2,1-4H3,(H,11,13). The predicted molar refractivity (Wildman–Crippen MR) is 51.2 cm³/mol. The van der Waals surface area contributed by atoms with Crippen LogP contribution in [-0.2, 0) is 4.79 Å². The lowest BCUT2D eigenvalue weighted by Gasteiger charge is -2.15. The third-order valence-corrected chi connectivity index (χ3v) is 3.22. The molecule has 0 saturated heterocycles. The Kier molecular flexibility index (Phi) is 2.41. The topological polar surface area (TPSA) is 49.3 Å². The summed E-state index contributed by atoms with van der Waals surface area (Å²) in [7, 11) is 0. The lowest BCUT2D eigenvalue weighted by atomic mass is 9.97. The second kappa shape index (κ2) is 2.98. The molecule has 0 bridgehead atoms. The van der Waals surface area contributed by atoms with Crippen molar-refractivity contribution in [1.29, 1.82) is 0 Å². The van der Waals surface area contributed by atoms with Crippen LogP contribution in [0.3, 0.4) is 0 Å². The number of nitrogens with one attached hydrogen (secondary N) is 1. The van der Waals surface area contributed by atoms with E-state index in [1.54, 1.807) is 6.92 Å². The zero-order valence-corrected chi connectivity index (χ0v) is 8.85. The normalized spacial score (nSPS) is 32.4. The van der Waals surface area contributed by atoms with Crippen molar-refractivity contribution in [3.63, 3.8) is 0 Å². The number of aliphatic hydroxyl groups excluding tert-OH is 1. The maximum absolute atomic E-state index is 11.6. The lowest BCUT2D eigenvalue weighted by Crippen LogP contribution is -2.37. The Morgan fingerprint density at radius 2 is 2.00 bits per heavy atom. The monoisotopic (exact) mass is 185 g/mol. The summed E-state index contributed by atoms with van der Waals surface area (Å²) in [4.78, 5) is 11.6. The number of carbonyl (C=O) groups is 1. The van der Waals surface area contributed by atoms with Gasteiger partial charge >= 0.3 is 0 Å². The molecule has 3 heteroatoms. The van der Waals surface area contributed by atoms with Crippen LogP contribution in [0.4, 0.5) is 0 Å². The van der Waals surface area contributed by atoms with Gasteiger partial charge in [-0.25, -0.2) is 0 Å². The molecular weight excluding hydrogens is 166 g/mol. The van der Waals surface area contributed by atoms with E-state index < -0.39 is 6.10 Å². The summed E-state index contributed by atoms with van der Waals surface area (Å²) in [6, 6.07) is 0. The molecule has 1 rings (SSSR count). The molecule has 1 amide bonds. The Bertz CT molecular complexity index is 223. The van der Waals surface area contributed by atoms with Gasteiger partial charge < -0.3 is 10.4 Å². The van der Waals surface area contributed by atoms with Crippen molar-refractivity contribution >= 4 is 5.91 Å². The molecular formula is C10H19NO2. The van der Waals surface area contributed by atoms with Crippen LogP contribution in [0.25, 0.3) is 0 Å². The van der Waals surface area contributed by atoms with Gasteiger partial charge in [-0.15, -0.1) is 0 Å². The fraction of sp³-hybridized carbons (Fsp3) is 0.900. The zero-order chi connectivity index (χ0) is 10.3. The third kappa shape index (κ3) is 1.85. The van der Waals surface area contributed by atoms with Crippen molar-refractivity contribution in [2.75, 3.05) is 6.54 Å². The number of amides is 1. The zero-order valence-electron chi connectivity index (χ0n) is 8.85. The molecule has 1 aliphatic rings. The van der Waals surface area contributed by atoms with Gasteiger partial charge in [0.25, 0.3) is 0 Å². The van der Waals surface area contributed by atoms with Gasteiger partial charge in [0.2, 0.25) is 5.91 Å². The number of carbonyl (C=O) groups excluding carboxylic acids is 1. The van der Waals surface area contributed by atoms with Gasteiger partial charge in [0.15, 0.2) is 0 Å². The van der Waals surface area contributed by atoms with Gasteiger partial charge in [-0.05, 0) is 18.8 Å². The molecule has 1 saturated carbocycles. The van der Waals surface area contributed by atoms with Crippen LogP contribution in [0.15, 0.2) is 0 Å². The van der Waals surface area contributed by atoms with Crippen molar-refractivity contribution in [1.82, 2.24) is 5.32 Å². The Balaban J connectivity index is 2.42. The van der Waals surface area contributed by atoms with Gasteiger partial charge in [0.05, 0.1) is 11.5 Å². The molecule has 0 heterocycles. The van der Waals surface area contributed by atoms with E-state index in [4.69, 9.17) is 5.11 Å². The second-order valence-electron chi connectivity index (χ2n) is 4.95. The number of aliphatic hydroxyl groups is 1. The molecule has 2 N–H and O–H groups in total. The van der Waals surface area contributed by atoms with Crippen LogP contribution in [0.1, 0.15) is 34.1 Å². The summed E-state index contributed by atoms with van der Waals surface area (Å²) >= 11 is 0. The lowest BCUT2D eigenvalue weighted by molar-refractivity contribution is -0.127. The van der Waals surface area contributed by atoms with Crippen LogP contribution < -0.4 is 5.32 Å². The van der Waals surface area contributed by atoms with E-state index in [9.17, 15) is 4.79 Å². The molecule has 2 unspecified atom stereocenters. The quantitative estimate of drug-likeness (QED) is 0.687. The average molecular weight is 185 g/mol. The van der Waals surface area contributed by atoms with Crippen molar-refractivity contribution < 1.29 is 9.90 Å². The molecule has 0 radical (unpaired) electrons. The van der Waals surface area contributed by atoms with Crippen LogP contribution in [0.2, 0.25) is 0 Å². The Hall–Kier alpha value is -0.570. The summed E-state index contributed by atoms with van der Waals surface area (Å²) in [6.45, 7) is 8.18. The van der Waals surface area contributed by atoms with Gasteiger partial charge in [-0.2, -0.15) is 0 Å². The number of rotatable bonds is 3. The minimum atomic E-state index is -0.464. The molecule has 76 valence electrons. The van der Waals surface area contributed by atoms with Crippen molar-refractivity contribution in [2.45, 2.75) is 40.2 Å². The van der Waals surface area contributed by atoms with Crippen molar-refractivity contribution in [2.24, 2.45) is 10.8 Å². The highest BCUT2D eigenvalue weighted by atomic mass is 16.3. The minimum Gasteiger partial charge on any atom is -0.392 e. The Morgan fingerprint density at radius 1 is 1.54 bits per heavy atom. The molecule has 1 fully saturated rings. The van der Waals surface area contributed by atoms with Crippen molar-refractivity contribution in [3.05, 3.63) is 0 Å². The van der Waals surface area contributed by atoms with Crippen LogP contribution >= 0.6 is 0 Å². The highest BCUT2D eigenvalue weighted by Gasteiger charge is 2.62. The number of hydrogen-bond donors (Lipinski definition) is 2. The highest BCUT2D eigenvalue weighted by molar-refractivity contribution is 5.86. The largest absolute Gasteiger partial charge is 0.392 e. The maximum Gasteiger partial charge on any atom is 0.226 e. The third-order valence-electron chi connectivity index (χ3n) is 3.22. The molecule has 0 aliphatic heterocycles. The minimum absolute atomic E-state index is 0.0680. The SMILES string of the molecule is CC(O)CNC(=O)C1(C)CC1(C)C. The molecule has 0 aromatic heterocycles. The first kappa shape index (κ1) is 10.5. The van der Waals surface area contributed by atoms with E-state index in [-0.39, 0.29) is 16.7 Å². The average Bonchev–Trinajstić information content (AvgIpc) is 2.48. The van der Waals surface area contributed by atoms with Crippen LogP contribution in [0, 0.1) is 10.8 Å². The highest BCUT2D eigenvalue weighted by Crippen LogP contribution is 2.63. The molecule has 2 atom stereocenters. The predicted octanol–water partition coefficient (Wildman–Crippen LogP) is 0.920. The molecule has 0 spiro atoms. The smallest absolute Gasteiger partial charge is 0.226 e. The summed E-state index contributed by atoms with van der Waals surface area (Å²) < 4.78 is 0. The van der Waals surface area contributed by atoms with Crippen LogP contribution in [0.5, 0.6) is 0 Å². The molecule has 0 aromatic carbocycles. The van der Waals surface area contributed by atoms with E-state index in [1.165, 1.54) is 0 Å². The molecule has 3 nitrogen and oxygen atoms in total. The first-order chi connectivity index (χ1) is 5.79. The van der Waals surface area contributed by atoms with Gasteiger partial charge in [-0.1, -0.05) is 20.8 Å². The van der Waals surface area contributed by atoms with E-state index in [1.807, 2.05) is 6.92 Å². The van der Waals surface area contributed by atoms with Gasteiger partial charge in [-0.3, -0.25) is 4.79 Å². The summed E-state index contributed by atoms with van der Waals surface area (Å²) in [6.07, 6.45) is 0.473. The summed E-state index contributed by atoms with van der Waals surface area (Å²) in [5.41, 5.74) is -0.0995. The number of hydrogen-bond acceptors (Lipinski definition) is 2. The van der Waals surface area contributed by atoms with Crippen molar-refractivity contribution in [3.8, 4) is 0 Å². The Labute approximate surface area is 79.5 Å². The first-order valence-electron chi connectivity index (χ1n) is 4.76. The molecule has 0 aromatic rings. The van der Waals surface area contributed by atoms with Gasteiger partial charge in [0, 0.05) is 6.54 Å². The molecule has 13 heavy (non-hydrogen) atoms. The summed E-state index contributed by atoms with van der Waals surface area (Å²) in [5, 5.41) is 11.8. The maximum atomic E-state index is 11.6. The van der Waals surface area contributed by atoms with Gasteiger partial charge in [0.1, 0.15) is 0 Å². The van der Waals surface area contributed by atoms with E-state index in [2.05, 4.69) is 19.2 Å². The van der Waals surface area contributed by atoms with Crippen LogP contribution in [-0.4, -0.2) is 23.7 Å². The fourth-order valence-corrected chi connectivity index (χ4v) is 1.66. The molecule has 1 aliphatic carbocycles. The van der Waals surface area contributed by atoms with E-state index >= 15 is 0 Å². The van der Waals surface area contributed by atoms with E-state index in [0.29, 0.717) is 6.54 Å². The fourth-order valence-electron chi connectivity index (χ4n) is 1.66.